The van der Waals surface area contributed by atoms with Gasteiger partial charge in [-0.15, -0.1) is 0 Å². The van der Waals surface area contributed by atoms with Crippen LogP contribution < -0.4 is 0 Å². The molecule has 0 spiro atoms. The number of aryl methyl sites for hydroxylation is 2. The first-order valence-electron chi connectivity index (χ1n) is 5.10. The average Bonchev–Trinajstić information content (AvgIpc) is 2.65. The zero-order valence-electron chi connectivity index (χ0n) is 9.26. The van der Waals surface area contributed by atoms with Gasteiger partial charge in [-0.2, -0.15) is 0 Å². The number of aromatic nitrogens is 3. The van der Waals surface area contributed by atoms with Crippen molar-refractivity contribution in [3.8, 4) is 0 Å². The van der Waals surface area contributed by atoms with Gasteiger partial charge in [-0.25, -0.2) is 9.97 Å². The minimum Gasteiger partial charge on any atom is -0.346 e. The molecule has 0 bridgehead atoms. The summed E-state index contributed by atoms with van der Waals surface area (Å²) in [5, 5.41) is 1.18. The molecule has 0 aliphatic heterocycles. The molecular weight excluding hydrogens is 174 g/mol. The SMILES string of the molecule is CC.CCc1c[nH]c2ncnc(C)c12. The molecule has 0 aromatic carbocycles. The lowest BCUT2D eigenvalue weighted by molar-refractivity contribution is 1.12. The molecule has 0 saturated carbocycles. The molecular formula is C11H17N3. The van der Waals surface area contributed by atoms with E-state index in [1.54, 1.807) is 6.33 Å². The largest absolute Gasteiger partial charge is 0.346 e. The molecule has 2 rings (SSSR count). The highest BCUT2D eigenvalue weighted by molar-refractivity contribution is 5.81. The van der Waals surface area contributed by atoms with Gasteiger partial charge in [-0.3, -0.25) is 0 Å². The van der Waals surface area contributed by atoms with Gasteiger partial charge in [0.25, 0.3) is 0 Å². The average molecular weight is 191 g/mol. The van der Waals surface area contributed by atoms with Gasteiger partial charge in [0.05, 0.1) is 5.69 Å². The zero-order valence-corrected chi connectivity index (χ0v) is 9.26. The Hall–Kier alpha value is -1.38. The highest BCUT2D eigenvalue weighted by Crippen LogP contribution is 2.18. The highest BCUT2D eigenvalue weighted by Gasteiger charge is 2.05. The molecule has 3 heteroatoms. The van der Waals surface area contributed by atoms with Crippen LogP contribution in [0.5, 0.6) is 0 Å². The van der Waals surface area contributed by atoms with Crippen LogP contribution in [0.15, 0.2) is 12.5 Å². The first-order valence-corrected chi connectivity index (χ1v) is 5.10. The van der Waals surface area contributed by atoms with Crippen molar-refractivity contribution >= 4 is 11.0 Å². The van der Waals surface area contributed by atoms with E-state index in [1.807, 2.05) is 27.0 Å². The van der Waals surface area contributed by atoms with Gasteiger partial charge in [0.2, 0.25) is 0 Å². The van der Waals surface area contributed by atoms with Gasteiger partial charge in [-0.05, 0) is 18.9 Å². The quantitative estimate of drug-likeness (QED) is 0.753. The number of hydrogen-bond acceptors (Lipinski definition) is 2. The summed E-state index contributed by atoms with van der Waals surface area (Å²) in [6.07, 6.45) is 4.62. The molecule has 0 amide bonds. The van der Waals surface area contributed by atoms with Gasteiger partial charge in [-0.1, -0.05) is 20.8 Å². The van der Waals surface area contributed by atoms with E-state index in [-0.39, 0.29) is 0 Å². The number of nitrogens with zero attached hydrogens (tertiary/aromatic N) is 2. The van der Waals surface area contributed by atoms with E-state index in [0.29, 0.717) is 0 Å². The van der Waals surface area contributed by atoms with Gasteiger partial charge in [0, 0.05) is 11.6 Å². The Morgan fingerprint density at radius 1 is 1.29 bits per heavy atom. The van der Waals surface area contributed by atoms with Crippen LogP contribution in [0.4, 0.5) is 0 Å². The van der Waals surface area contributed by atoms with Crippen molar-refractivity contribution < 1.29 is 0 Å². The number of hydrogen-bond donors (Lipinski definition) is 1. The molecule has 2 aromatic heterocycles. The van der Waals surface area contributed by atoms with Gasteiger partial charge >= 0.3 is 0 Å². The summed E-state index contributed by atoms with van der Waals surface area (Å²) >= 11 is 0. The lowest BCUT2D eigenvalue weighted by atomic mass is 10.1. The molecule has 1 N–H and O–H groups in total. The van der Waals surface area contributed by atoms with E-state index in [4.69, 9.17) is 0 Å². The Labute approximate surface area is 84.6 Å². The molecule has 0 unspecified atom stereocenters. The lowest BCUT2D eigenvalue weighted by Crippen LogP contribution is -1.86. The highest BCUT2D eigenvalue weighted by atomic mass is 14.9. The smallest absolute Gasteiger partial charge is 0.141 e. The Morgan fingerprint density at radius 3 is 2.64 bits per heavy atom. The number of nitrogens with one attached hydrogen (secondary N) is 1. The molecule has 0 aliphatic rings. The summed E-state index contributed by atoms with van der Waals surface area (Å²) in [5.74, 6) is 0. The summed E-state index contributed by atoms with van der Waals surface area (Å²) in [7, 11) is 0. The number of fused-ring (bicyclic) bond motifs is 1. The zero-order chi connectivity index (χ0) is 10.6. The van der Waals surface area contributed by atoms with Crippen LogP contribution in [0.2, 0.25) is 0 Å². The van der Waals surface area contributed by atoms with E-state index < -0.39 is 0 Å². The van der Waals surface area contributed by atoms with Crippen molar-refractivity contribution in [1.29, 1.82) is 0 Å². The Balaban J connectivity index is 0.000000461. The van der Waals surface area contributed by atoms with Crippen molar-refractivity contribution in [2.45, 2.75) is 34.1 Å². The van der Waals surface area contributed by atoms with Crippen molar-refractivity contribution in [2.75, 3.05) is 0 Å². The summed E-state index contributed by atoms with van der Waals surface area (Å²) in [6.45, 7) is 8.14. The van der Waals surface area contributed by atoms with Gasteiger partial charge in [0.15, 0.2) is 0 Å². The van der Waals surface area contributed by atoms with Gasteiger partial charge < -0.3 is 4.98 Å². The summed E-state index contributed by atoms with van der Waals surface area (Å²) in [5.41, 5.74) is 3.29. The fourth-order valence-electron chi connectivity index (χ4n) is 1.47. The maximum Gasteiger partial charge on any atom is 0.141 e. The molecule has 0 saturated heterocycles. The van der Waals surface area contributed by atoms with Crippen LogP contribution in [-0.2, 0) is 6.42 Å². The van der Waals surface area contributed by atoms with Crippen LogP contribution in [-0.4, -0.2) is 15.0 Å². The Kier molecular flexibility index (Phi) is 3.63. The standard InChI is InChI=1S/C9H11N3.C2H6/c1-3-7-4-10-9-8(7)6(2)11-5-12-9;1-2/h4-5H,3H2,1-2H3,(H,10,11,12);1-2H3. The third-order valence-electron chi connectivity index (χ3n) is 2.12. The number of H-pyrrole nitrogens is 1. The maximum atomic E-state index is 4.16. The summed E-state index contributed by atoms with van der Waals surface area (Å²) in [6, 6.07) is 0. The van der Waals surface area contributed by atoms with Crippen molar-refractivity contribution in [3.05, 3.63) is 23.8 Å². The third-order valence-corrected chi connectivity index (χ3v) is 2.12. The summed E-state index contributed by atoms with van der Waals surface area (Å²) < 4.78 is 0. The van der Waals surface area contributed by atoms with E-state index in [0.717, 1.165) is 17.8 Å². The first-order chi connectivity index (χ1) is 6.83. The fourth-order valence-corrected chi connectivity index (χ4v) is 1.47. The molecule has 76 valence electrons. The normalized spacial score (nSPS) is 9.71. The number of aromatic amines is 1. The molecule has 2 aromatic rings. The Morgan fingerprint density at radius 2 is 2.00 bits per heavy atom. The molecule has 0 fully saturated rings. The van der Waals surface area contributed by atoms with E-state index in [2.05, 4.69) is 21.9 Å². The molecule has 14 heavy (non-hydrogen) atoms. The summed E-state index contributed by atoms with van der Waals surface area (Å²) in [4.78, 5) is 11.4. The van der Waals surface area contributed by atoms with Gasteiger partial charge in [0.1, 0.15) is 12.0 Å². The van der Waals surface area contributed by atoms with Crippen molar-refractivity contribution in [3.63, 3.8) is 0 Å². The maximum absolute atomic E-state index is 4.16. The molecule has 0 atom stereocenters. The molecule has 0 aliphatic carbocycles. The second-order valence-corrected chi connectivity index (χ2v) is 2.85. The van der Waals surface area contributed by atoms with E-state index in [1.165, 1.54) is 10.9 Å². The van der Waals surface area contributed by atoms with Crippen LogP contribution in [0.25, 0.3) is 11.0 Å². The van der Waals surface area contributed by atoms with Crippen LogP contribution >= 0.6 is 0 Å². The predicted molar refractivity (Wildman–Crippen MR) is 59.4 cm³/mol. The van der Waals surface area contributed by atoms with Crippen molar-refractivity contribution in [2.24, 2.45) is 0 Å². The minimum atomic E-state index is 0.944. The van der Waals surface area contributed by atoms with E-state index in [9.17, 15) is 0 Å². The third kappa shape index (κ3) is 1.76. The van der Waals surface area contributed by atoms with Crippen molar-refractivity contribution in [1.82, 2.24) is 15.0 Å². The minimum absolute atomic E-state index is 0.944. The molecule has 0 radical (unpaired) electrons. The Bertz CT molecular complexity index is 404. The molecule has 2 heterocycles. The van der Waals surface area contributed by atoms with Crippen LogP contribution in [0.1, 0.15) is 32.0 Å². The predicted octanol–water partition coefficient (Wildman–Crippen LogP) is 2.85. The monoisotopic (exact) mass is 191 g/mol. The number of rotatable bonds is 1. The second-order valence-electron chi connectivity index (χ2n) is 2.85. The van der Waals surface area contributed by atoms with Crippen LogP contribution in [0, 0.1) is 6.92 Å². The lowest BCUT2D eigenvalue weighted by Gasteiger charge is -1.95. The second kappa shape index (κ2) is 4.74. The van der Waals surface area contributed by atoms with E-state index >= 15 is 0 Å². The first kappa shape index (κ1) is 10.7. The fraction of sp³-hybridized carbons (Fsp3) is 0.455. The molecule has 3 nitrogen and oxygen atoms in total. The topological polar surface area (TPSA) is 41.6 Å². The van der Waals surface area contributed by atoms with Crippen LogP contribution in [0.3, 0.4) is 0 Å².